The molecule has 1 aliphatic carbocycles. The standard InChI is InChI=1S/C16H22ClNO2.CH2O3/c1-11-5-3-4-6-15(11)18-16(19)9-12-7-8-13(20-2)10-14(12)17;2-1(3)4/h7-8,10-11,15H,3-6,9H2,1-2H3,(H,18,19);(H2,2,3,4). The summed E-state index contributed by atoms with van der Waals surface area (Å²) in [4.78, 5) is 20.7. The van der Waals surface area contributed by atoms with Crippen LogP contribution in [-0.4, -0.2) is 35.4 Å². The Morgan fingerprint density at radius 1 is 1.29 bits per heavy atom. The van der Waals surface area contributed by atoms with Gasteiger partial charge in [0.1, 0.15) is 5.75 Å². The summed E-state index contributed by atoms with van der Waals surface area (Å²) < 4.78 is 5.11. The molecule has 0 bridgehead atoms. The molecule has 24 heavy (non-hydrogen) atoms. The van der Waals surface area contributed by atoms with Crippen LogP contribution in [0.4, 0.5) is 4.79 Å². The van der Waals surface area contributed by atoms with E-state index >= 15 is 0 Å². The lowest BCUT2D eigenvalue weighted by molar-refractivity contribution is -0.121. The number of rotatable bonds is 4. The molecule has 0 aliphatic heterocycles. The van der Waals surface area contributed by atoms with E-state index in [0.717, 1.165) is 12.0 Å². The molecular weight excluding hydrogens is 334 g/mol. The van der Waals surface area contributed by atoms with Crippen LogP contribution < -0.4 is 10.1 Å². The molecule has 1 amide bonds. The normalized spacial score (nSPS) is 19.6. The summed E-state index contributed by atoms with van der Waals surface area (Å²) in [6, 6.07) is 5.74. The van der Waals surface area contributed by atoms with Crippen molar-refractivity contribution in [3.63, 3.8) is 0 Å². The molecule has 6 nitrogen and oxygen atoms in total. The van der Waals surface area contributed by atoms with Crippen LogP contribution in [0.1, 0.15) is 38.2 Å². The van der Waals surface area contributed by atoms with Crippen LogP contribution in [0.2, 0.25) is 5.02 Å². The Morgan fingerprint density at radius 2 is 1.92 bits per heavy atom. The van der Waals surface area contributed by atoms with Crippen molar-refractivity contribution >= 4 is 23.7 Å². The van der Waals surface area contributed by atoms with Gasteiger partial charge < -0.3 is 20.3 Å². The minimum absolute atomic E-state index is 0.0517. The molecule has 1 aromatic carbocycles. The van der Waals surface area contributed by atoms with Crippen LogP contribution in [-0.2, 0) is 11.2 Å². The maximum absolute atomic E-state index is 12.1. The van der Waals surface area contributed by atoms with Crippen LogP contribution in [0.15, 0.2) is 18.2 Å². The fraction of sp³-hybridized carbons (Fsp3) is 0.529. The van der Waals surface area contributed by atoms with Gasteiger partial charge in [-0.2, -0.15) is 0 Å². The van der Waals surface area contributed by atoms with Crippen molar-refractivity contribution in [1.29, 1.82) is 0 Å². The van der Waals surface area contributed by atoms with Gasteiger partial charge in [-0.1, -0.05) is 37.4 Å². The molecule has 0 spiro atoms. The zero-order valence-electron chi connectivity index (χ0n) is 13.9. The fourth-order valence-electron chi connectivity index (χ4n) is 2.76. The zero-order valence-corrected chi connectivity index (χ0v) is 14.7. The van der Waals surface area contributed by atoms with Gasteiger partial charge in [-0.25, -0.2) is 4.79 Å². The number of hydrogen-bond acceptors (Lipinski definition) is 3. The van der Waals surface area contributed by atoms with E-state index in [0.29, 0.717) is 29.2 Å². The topological polar surface area (TPSA) is 95.9 Å². The lowest BCUT2D eigenvalue weighted by Crippen LogP contribution is -2.41. The lowest BCUT2D eigenvalue weighted by Gasteiger charge is -2.29. The van der Waals surface area contributed by atoms with Crippen molar-refractivity contribution in [3.8, 4) is 5.75 Å². The fourth-order valence-corrected chi connectivity index (χ4v) is 3.00. The second kappa shape index (κ2) is 10.0. The maximum atomic E-state index is 12.1. The van der Waals surface area contributed by atoms with Gasteiger partial charge in [0, 0.05) is 11.1 Å². The van der Waals surface area contributed by atoms with Gasteiger partial charge in [0.2, 0.25) is 5.91 Å². The quantitative estimate of drug-likeness (QED) is 0.761. The Kier molecular flexibility index (Phi) is 8.40. The molecule has 3 N–H and O–H groups in total. The van der Waals surface area contributed by atoms with E-state index in [4.69, 9.17) is 31.3 Å². The number of carboxylic acid groups (broad SMARTS) is 2. The Hall–Kier alpha value is -1.95. The molecule has 2 atom stereocenters. The summed E-state index contributed by atoms with van der Waals surface area (Å²) in [6.45, 7) is 2.21. The third-order valence-electron chi connectivity index (χ3n) is 4.07. The summed E-state index contributed by atoms with van der Waals surface area (Å²) in [7, 11) is 1.60. The maximum Gasteiger partial charge on any atom is 0.503 e. The van der Waals surface area contributed by atoms with Crippen molar-refractivity contribution in [2.45, 2.75) is 45.1 Å². The zero-order chi connectivity index (χ0) is 18.1. The van der Waals surface area contributed by atoms with Crippen LogP contribution in [0.5, 0.6) is 5.75 Å². The van der Waals surface area contributed by atoms with Crippen molar-refractivity contribution in [2.75, 3.05) is 7.11 Å². The number of carbonyl (C=O) groups is 2. The Balaban J connectivity index is 0.000000648. The molecule has 1 aliphatic rings. The lowest BCUT2D eigenvalue weighted by atomic mass is 9.86. The Morgan fingerprint density at radius 3 is 2.46 bits per heavy atom. The van der Waals surface area contributed by atoms with Gasteiger partial charge in [0.15, 0.2) is 0 Å². The smallest absolute Gasteiger partial charge is 0.497 e. The van der Waals surface area contributed by atoms with Crippen LogP contribution in [0, 0.1) is 5.92 Å². The molecule has 0 heterocycles. The molecule has 2 unspecified atom stereocenters. The van der Waals surface area contributed by atoms with E-state index in [1.54, 1.807) is 13.2 Å². The Bertz CT molecular complexity index is 560. The highest BCUT2D eigenvalue weighted by Crippen LogP contribution is 2.25. The SMILES string of the molecule is COc1ccc(CC(=O)NC2CCCCC2C)c(Cl)c1.O=C(O)O. The number of amides is 1. The molecule has 0 radical (unpaired) electrons. The first kappa shape index (κ1) is 20.1. The van der Waals surface area contributed by atoms with Gasteiger partial charge in [-0.3, -0.25) is 4.79 Å². The molecule has 1 saturated carbocycles. The molecule has 7 heteroatoms. The first-order valence-electron chi connectivity index (χ1n) is 7.87. The number of carbonyl (C=O) groups excluding carboxylic acids is 1. The van der Waals surface area contributed by atoms with Gasteiger partial charge in [-0.05, 0) is 36.5 Å². The highest BCUT2D eigenvalue weighted by Gasteiger charge is 2.22. The highest BCUT2D eigenvalue weighted by atomic mass is 35.5. The summed E-state index contributed by atoms with van der Waals surface area (Å²) >= 11 is 6.16. The number of nitrogens with one attached hydrogen (secondary N) is 1. The molecule has 0 saturated heterocycles. The summed E-state index contributed by atoms with van der Waals surface area (Å²) in [5, 5.41) is 17.7. The molecule has 1 aromatic rings. The van der Waals surface area contributed by atoms with E-state index in [1.807, 2.05) is 12.1 Å². The van der Waals surface area contributed by atoms with Gasteiger partial charge >= 0.3 is 6.16 Å². The van der Waals surface area contributed by atoms with Crippen molar-refractivity contribution in [2.24, 2.45) is 5.92 Å². The van der Waals surface area contributed by atoms with E-state index in [9.17, 15) is 4.79 Å². The van der Waals surface area contributed by atoms with Crippen molar-refractivity contribution in [1.82, 2.24) is 5.32 Å². The highest BCUT2D eigenvalue weighted by molar-refractivity contribution is 6.31. The average molecular weight is 358 g/mol. The monoisotopic (exact) mass is 357 g/mol. The minimum Gasteiger partial charge on any atom is -0.497 e. The molecule has 0 aromatic heterocycles. The van der Waals surface area contributed by atoms with Crippen LogP contribution in [0.3, 0.4) is 0 Å². The van der Waals surface area contributed by atoms with E-state index in [1.165, 1.54) is 19.3 Å². The molecule has 134 valence electrons. The van der Waals surface area contributed by atoms with Gasteiger partial charge in [0.05, 0.1) is 13.5 Å². The van der Waals surface area contributed by atoms with Crippen LogP contribution in [0.25, 0.3) is 0 Å². The van der Waals surface area contributed by atoms with Crippen molar-refractivity contribution < 1.29 is 24.5 Å². The van der Waals surface area contributed by atoms with Gasteiger partial charge in [-0.15, -0.1) is 0 Å². The van der Waals surface area contributed by atoms with E-state index < -0.39 is 6.16 Å². The average Bonchev–Trinajstić information content (AvgIpc) is 2.51. The second-order valence-electron chi connectivity index (χ2n) is 5.85. The number of methoxy groups -OCH3 is 1. The number of ether oxygens (including phenoxy) is 1. The molecule has 2 rings (SSSR count). The number of hydrogen-bond donors (Lipinski definition) is 3. The Labute approximate surface area is 146 Å². The van der Waals surface area contributed by atoms with E-state index in [-0.39, 0.29) is 5.91 Å². The predicted octanol–water partition coefficient (Wildman–Crippen LogP) is 3.81. The summed E-state index contributed by atoms with van der Waals surface area (Å²) in [5.74, 6) is 1.33. The largest absolute Gasteiger partial charge is 0.503 e. The minimum atomic E-state index is -1.83. The van der Waals surface area contributed by atoms with Gasteiger partial charge in [0.25, 0.3) is 0 Å². The predicted molar refractivity (Wildman–Crippen MR) is 91.9 cm³/mol. The second-order valence-corrected chi connectivity index (χ2v) is 6.26. The third-order valence-corrected chi connectivity index (χ3v) is 4.42. The first-order chi connectivity index (χ1) is 11.3. The van der Waals surface area contributed by atoms with Crippen molar-refractivity contribution in [3.05, 3.63) is 28.8 Å². The molecular formula is C17H24ClNO5. The third kappa shape index (κ3) is 7.08. The van der Waals surface area contributed by atoms with E-state index in [2.05, 4.69) is 12.2 Å². The number of halogens is 1. The van der Waals surface area contributed by atoms with Crippen LogP contribution >= 0.6 is 11.6 Å². The molecule has 1 fully saturated rings. The number of benzene rings is 1. The summed E-state index contributed by atoms with van der Waals surface area (Å²) in [6.07, 6.45) is 3.26. The summed E-state index contributed by atoms with van der Waals surface area (Å²) in [5.41, 5.74) is 0.841. The first-order valence-corrected chi connectivity index (χ1v) is 8.25.